The van der Waals surface area contributed by atoms with E-state index in [0.29, 0.717) is 54.9 Å². The lowest BCUT2D eigenvalue weighted by Gasteiger charge is -2.37. The SMILES string of the molecule is CN1CCC[C@H]1COc1nc(C2CNCCN2C(=O)OC(C)(C)C)c2cnc(-c3cccc4c3C3CC3C4)c(F)c2n1. The Morgan fingerprint density at radius 3 is 2.86 bits per heavy atom. The van der Waals surface area contributed by atoms with E-state index in [0.717, 1.165) is 37.8 Å². The summed E-state index contributed by atoms with van der Waals surface area (Å²) >= 11 is 0. The molecule has 10 heteroatoms. The second-order valence-electron chi connectivity index (χ2n) is 13.2. The Hall–Kier alpha value is -3.37. The van der Waals surface area contributed by atoms with Gasteiger partial charge in [0, 0.05) is 42.8 Å². The number of carbonyl (C=O) groups excluding carboxylic acids is 1. The second-order valence-corrected chi connectivity index (χ2v) is 13.2. The molecule has 4 heterocycles. The maximum atomic E-state index is 16.6. The van der Waals surface area contributed by atoms with Crippen molar-refractivity contribution in [1.82, 2.24) is 30.1 Å². The first kappa shape index (κ1) is 27.5. The highest BCUT2D eigenvalue weighted by atomic mass is 19.1. The smallest absolute Gasteiger partial charge is 0.410 e. The number of halogens is 1. The summed E-state index contributed by atoms with van der Waals surface area (Å²) in [7, 11) is 2.08. The van der Waals surface area contributed by atoms with Crippen LogP contribution in [0.4, 0.5) is 9.18 Å². The van der Waals surface area contributed by atoms with Crippen LogP contribution in [0.1, 0.15) is 68.8 Å². The average Bonchev–Trinajstić information content (AvgIpc) is 3.43. The molecule has 222 valence electrons. The number of nitrogens with zero attached hydrogens (tertiary/aromatic N) is 5. The lowest BCUT2D eigenvalue weighted by atomic mass is 9.96. The van der Waals surface area contributed by atoms with Crippen molar-refractivity contribution in [3.63, 3.8) is 0 Å². The van der Waals surface area contributed by atoms with Gasteiger partial charge in [-0.3, -0.25) is 9.88 Å². The average molecular weight is 575 g/mol. The van der Waals surface area contributed by atoms with Gasteiger partial charge in [0.05, 0.1) is 11.7 Å². The van der Waals surface area contributed by atoms with Crippen LogP contribution >= 0.6 is 0 Å². The van der Waals surface area contributed by atoms with Gasteiger partial charge in [0.2, 0.25) is 0 Å². The lowest BCUT2D eigenvalue weighted by Crippen LogP contribution is -2.50. The zero-order chi connectivity index (χ0) is 29.2. The van der Waals surface area contributed by atoms with Crippen molar-refractivity contribution < 1.29 is 18.7 Å². The number of rotatable bonds is 5. The first-order chi connectivity index (χ1) is 20.2. The number of benzene rings is 1. The second kappa shape index (κ2) is 10.4. The summed E-state index contributed by atoms with van der Waals surface area (Å²) in [5.41, 5.74) is 3.70. The summed E-state index contributed by atoms with van der Waals surface area (Å²) in [6, 6.07) is 5.98. The molecular weight excluding hydrogens is 535 g/mol. The number of amides is 1. The van der Waals surface area contributed by atoms with Crippen LogP contribution < -0.4 is 10.1 Å². The maximum absolute atomic E-state index is 16.6. The number of likely N-dealkylation sites (tertiary alicyclic amines) is 1. The van der Waals surface area contributed by atoms with E-state index in [1.807, 2.05) is 32.9 Å². The van der Waals surface area contributed by atoms with Crippen LogP contribution in [0.25, 0.3) is 22.2 Å². The van der Waals surface area contributed by atoms with Gasteiger partial charge in [0.1, 0.15) is 23.4 Å². The Balaban J connectivity index is 1.33. The molecule has 0 spiro atoms. The molecule has 3 unspecified atom stereocenters. The number of likely N-dealkylation sites (N-methyl/N-ethyl adjacent to an activating group) is 1. The first-order valence-electron chi connectivity index (χ1n) is 15.2. The molecule has 1 amide bonds. The third-order valence-corrected chi connectivity index (χ3v) is 9.18. The third-order valence-electron chi connectivity index (χ3n) is 9.18. The molecule has 3 aromatic rings. The molecule has 0 radical (unpaired) electrons. The van der Waals surface area contributed by atoms with Crippen LogP contribution in [-0.2, 0) is 11.2 Å². The van der Waals surface area contributed by atoms with Crippen molar-refractivity contribution in [1.29, 1.82) is 0 Å². The maximum Gasteiger partial charge on any atom is 0.410 e. The summed E-state index contributed by atoms with van der Waals surface area (Å²) in [4.78, 5) is 31.4. The molecule has 3 fully saturated rings. The van der Waals surface area contributed by atoms with Gasteiger partial charge in [-0.15, -0.1) is 0 Å². The Bertz CT molecular complexity index is 1540. The number of aromatic nitrogens is 3. The fraction of sp³-hybridized carbons (Fsp3) is 0.562. The molecule has 2 aromatic heterocycles. The normalized spacial score (nSPS) is 25.4. The molecule has 0 bridgehead atoms. The highest BCUT2D eigenvalue weighted by Gasteiger charge is 2.46. The zero-order valence-corrected chi connectivity index (χ0v) is 24.8. The van der Waals surface area contributed by atoms with Gasteiger partial charge < -0.3 is 19.7 Å². The van der Waals surface area contributed by atoms with Gasteiger partial charge in [-0.2, -0.15) is 9.97 Å². The van der Waals surface area contributed by atoms with Gasteiger partial charge >= 0.3 is 12.1 Å². The Kier molecular flexibility index (Phi) is 6.81. The molecule has 1 aromatic carbocycles. The summed E-state index contributed by atoms with van der Waals surface area (Å²) in [6.45, 7) is 8.46. The Morgan fingerprint density at radius 1 is 1.21 bits per heavy atom. The fourth-order valence-corrected chi connectivity index (χ4v) is 6.96. The number of hydrogen-bond donors (Lipinski definition) is 1. The van der Waals surface area contributed by atoms with Gasteiger partial charge in [-0.25, -0.2) is 9.18 Å². The predicted octanol–water partition coefficient (Wildman–Crippen LogP) is 4.84. The number of pyridine rings is 1. The Morgan fingerprint density at radius 2 is 2.07 bits per heavy atom. The van der Waals surface area contributed by atoms with Crippen molar-refractivity contribution in [2.75, 3.05) is 39.8 Å². The Labute approximate surface area is 245 Å². The molecule has 4 atom stereocenters. The number of nitrogens with one attached hydrogen (secondary N) is 1. The standard InChI is InChI=1S/C32H39FN6O3/c1-32(2,3)42-31(40)39-12-10-34-16-24(39)27-23-15-35-28(21-9-5-7-18-13-19-14-22(19)25(18)21)26(33)29(23)37-30(36-27)41-17-20-8-6-11-38(20)4/h5,7,9,15,19-20,22,24,34H,6,8,10-14,16-17H2,1-4H3/t19?,20-,22?,24?/m0/s1. The number of hydrogen-bond acceptors (Lipinski definition) is 8. The van der Waals surface area contributed by atoms with Crippen molar-refractivity contribution in [3.8, 4) is 17.3 Å². The molecule has 42 heavy (non-hydrogen) atoms. The molecule has 2 saturated heterocycles. The fourth-order valence-electron chi connectivity index (χ4n) is 6.96. The largest absolute Gasteiger partial charge is 0.462 e. The van der Waals surface area contributed by atoms with E-state index >= 15 is 4.39 Å². The van der Waals surface area contributed by atoms with Gasteiger partial charge in [0.25, 0.3) is 0 Å². The van der Waals surface area contributed by atoms with Crippen molar-refractivity contribution in [2.24, 2.45) is 5.92 Å². The number of piperazine rings is 1. The van der Waals surface area contributed by atoms with E-state index < -0.39 is 23.6 Å². The summed E-state index contributed by atoms with van der Waals surface area (Å²) in [5.74, 6) is 0.682. The van der Waals surface area contributed by atoms with Crippen LogP contribution in [0.3, 0.4) is 0 Å². The summed E-state index contributed by atoms with van der Waals surface area (Å²) < 4.78 is 28.5. The molecule has 7 rings (SSSR count). The van der Waals surface area contributed by atoms with Crippen molar-refractivity contribution in [3.05, 3.63) is 47.0 Å². The van der Waals surface area contributed by atoms with Crippen LogP contribution in [-0.4, -0.2) is 82.3 Å². The van der Waals surface area contributed by atoms with Crippen molar-refractivity contribution in [2.45, 2.75) is 70.1 Å². The van der Waals surface area contributed by atoms with Crippen LogP contribution in [0, 0.1) is 11.7 Å². The van der Waals surface area contributed by atoms with E-state index in [-0.39, 0.29) is 17.6 Å². The van der Waals surface area contributed by atoms with E-state index in [9.17, 15) is 4.79 Å². The molecule has 2 aliphatic carbocycles. The van der Waals surface area contributed by atoms with E-state index in [4.69, 9.17) is 14.5 Å². The number of ether oxygens (including phenoxy) is 2. The van der Waals surface area contributed by atoms with Gasteiger partial charge in [-0.05, 0) is 83.0 Å². The van der Waals surface area contributed by atoms with Crippen LogP contribution in [0.2, 0.25) is 0 Å². The molecule has 9 nitrogen and oxygen atoms in total. The monoisotopic (exact) mass is 574 g/mol. The molecule has 1 N–H and O–H groups in total. The highest BCUT2D eigenvalue weighted by Crippen LogP contribution is 2.58. The van der Waals surface area contributed by atoms with E-state index in [1.54, 1.807) is 11.1 Å². The minimum Gasteiger partial charge on any atom is -0.462 e. The van der Waals surface area contributed by atoms with Crippen LogP contribution in [0.15, 0.2) is 24.4 Å². The minimum atomic E-state index is -0.652. The van der Waals surface area contributed by atoms with Gasteiger partial charge in [0.15, 0.2) is 5.82 Å². The molecule has 4 aliphatic rings. The summed E-state index contributed by atoms with van der Waals surface area (Å²) in [6.07, 6.45) is 5.59. The zero-order valence-electron chi connectivity index (χ0n) is 24.8. The summed E-state index contributed by atoms with van der Waals surface area (Å²) in [5, 5.41) is 3.84. The lowest BCUT2D eigenvalue weighted by molar-refractivity contribution is 0.0114. The molecular formula is C32H39FN6O3. The topological polar surface area (TPSA) is 92.7 Å². The predicted molar refractivity (Wildman–Crippen MR) is 157 cm³/mol. The van der Waals surface area contributed by atoms with E-state index in [2.05, 4.69) is 33.3 Å². The number of carbonyl (C=O) groups is 1. The van der Waals surface area contributed by atoms with Gasteiger partial charge in [-0.1, -0.05) is 18.2 Å². The first-order valence-corrected chi connectivity index (χ1v) is 15.2. The quantitative estimate of drug-likeness (QED) is 0.463. The minimum absolute atomic E-state index is 0.115. The molecule has 2 aliphatic heterocycles. The van der Waals surface area contributed by atoms with E-state index in [1.165, 1.54) is 11.1 Å². The molecule has 1 saturated carbocycles. The number of fused-ring (bicyclic) bond motifs is 4. The third kappa shape index (κ3) is 4.98. The van der Waals surface area contributed by atoms with Crippen molar-refractivity contribution >= 4 is 17.0 Å². The van der Waals surface area contributed by atoms with Crippen LogP contribution in [0.5, 0.6) is 6.01 Å². The highest BCUT2D eigenvalue weighted by molar-refractivity contribution is 5.86.